The summed E-state index contributed by atoms with van der Waals surface area (Å²) in [5.41, 5.74) is 6.66. The molecule has 3 N–H and O–H groups in total. The SMILES string of the molecule is NC(=O)N1CC[C@@H](OCC2CC2)[C@@H]1Cc1ccncc1.O=C(O)C(F)(F)F. The maximum Gasteiger partial charge on any atom is 0.490 e. The Labute approximate surface area is 154 Å². The number of nitrogens with zero attached hydrogens (tertiary/aromatic N) is 2. The third-order valence-electron chi connectivity index (χ3n) is 4.45. The number of alkyl halides is 3. The summed E-state index contributed by atoms with van der Waals surface area (Å²) in [6, 6.07) is 3.67. The van der Waals surface area contributed by atoms with Gasteiger partial charge in [0.2, 0.25) is 0 Å². The highest BCUT2D eigenvalue weighted by molar-refractivity contribution is 5.73. The molecule has 2 heterocycles. The number of aromatic nitrogens is 1. The van der Waals surface area contributed by atoms with Gasteiger partial charge in [0.25, 0.3) is 0 Å². The number of carbonyl (C=O) groups excluding carboxylic acids is 1. The van der Waals surface area contributed by atoms with E-state index < -0.39 is 12.1 Å². The Balaban J connectivity index is 0.000000321. The topological polar surface area (TPSA) is 106 Å². The van der Waals surface area contributed by atoms with Crippen LogP contribution in [0.25, 0.3) is 0 Å². The average Bonchev–Trinajstić information content (AvgIpc) is 3.34. The van der Waals surface area contributed by atoms with Crippen molar-refractivity contribution in [2.45, 2.75) is 44.0 Å². The number of hydrogen-bond acceptors (Lipinski definition) is 4. The zero-order valence-corrected chi connectivity index (χ0v) is 14.6. The van der Waals surface area contributed by atoms with E-state index in [1.807, 2.05) is 12.1 Å². The average molecular weight is 389 g/mol. The zero-order valence-electron chi connectivity index (χ0n) is 14.6. The molecule has 1 aromatic rings. The molecule has 2 aliphatic rings. The first-order valence-corrected chi connectivity index (χ1v) is 8.55. The van der Waals surface area contributed by atoms with E-state index in [-0.39, 0.29) is 18.2 Å². The van der Waals surface area contributed by atoms with Crippen LogP contribution in [0, 0.1) is 5.92 Å². The minimum atomic E-state index is -5.08. The van der Waals surface area contributed by atoms with Crippen LogP contribution >= 0.6 is 0 Å². The first-order chi connectivity index (χ1) is 12.7. The van der Waals surface area contributed by atoms with Crippen LogP contribution < -0.4 is 5.73 Å². The summed E-state index contributed by atoms with van der Waals surface area (Å²) < 4.78 is 37.8. The van der Waals surface area contributed by atoms with Gasteiger partial charge in [-0.3, -0.25) is 4.98 Å². The van der Waals surface area contributed by atoms with E-state index in [0.29, 0.717) is 6.54 Å². The molecule has 1 aliphatic heterocycles. The number of aliphatic carboxylic acids is 1. The number of pyridine rings is 1. The summed E-state index contributed by atoms with van der Waals surface area (Å²) in [7, 11) is 0. The van der Waals surface area contributed by atoms with Gasteiger partial charge in [-0.25, -0.2) is 9.59 Å². The van der Waals surface area contributed by atoms with E-state index in [9.17, 15) is 18.0 Å². The predicted molar refractivity (Wildman–Crippen MR) is 88.8 cm³/mol. The second-order valence-electron chi connectivity index (χ2n) is 6.57. The number of ether oxygens (including phenoxy) is 1. The van der Waals surface area contributed by atoms with Crippen LogP contribution in [-0.4, -0.2) is 58.5 Å². The molecule has 0 bridgehead atoms. The monoisotopic (exact) mass is 389 g/mol. The number of carboxylic acids is 1. The molecule has 0 unspecified atom stereocenters. The van der Waals surface area contributed by atoms with E-state index in [1.165, 1.54) is 12.8 Å². The maximum absolute atomic E-state index is 11.6. The van der Waals surface area contributed by atoms with Crippen LogP contribution in [0.5, 0.6) is 0 Å². The number of hydrogen-bond donors (Lipinski definition) is 2. The lowest BCUT2D eigenvalue weighted by molar-refractivity contribution is -0.192. The molecular weight excluding hydrogens is 367 g/mol. The van der Waals surface area contributed by atoms with E-state index in [0.717, 1.165) is 30.9 Å². The molecule has 150 valence electrons. The molecule has 27 heavy (non-hydrogen) atoms. The molecule has 0 aromatic carbocycles. The van der Waals surface area contributed by atoms with Crippen molar-refractivity contribution in [2.75, 3.05) is 13.2 Å². The zero-order chi connectivity index (χ0) is 20.0. The van der Waals surface area contributed by atoms with Gasteiger partial charge < -0.3 is 20.5 Å². The fourth-order valence-corrected chi connectivity index (χ4v) is 2.84. The van der Waals surface area contributed by atoms with Gasteiger partial charge in [-0.1, -0.05) is 0 Å². The molecule has 0 radical (unpaired) electrons. The smallest absolute Gasteiger partial charge is 0.475 e. The minimum absolute atomic E-state index is 0.0497. The summed E-state index contributed by atoms with van der Waals surface area (Å²) in [6.07, 6.45) is 2.79. The minimum Gasteiger partial charge on any atom is -0.475 e. The quantitative estimate of drug-likeness (QED) is 0.803. The lowest BCUT2D eigenvalue weighted by Gasteiger charge is -2.27. The molecule has 2 amide bonds. The molecular formula is C17H22F3N3O4. The summed E-state index contributed by atoms with van der Waals surface area (Å²) in [5.74, 6) is -2.02. The van der Waals surface area contributed by atoms with Crippen molar-refractivity contribution in [1.29, 1.82) is 0 Å². The molecule has 1 aliphatic carbocycles. The Morgan fingerprint density at radius 3 is 2.33 bits per heavy atom. The molecule has 1 saturated heterocycles. The summed E-state index contributed by atoms with van der Waals surface area (Å²) in [6.45, 7) is 1.52. The molecule has 1 saturated carbocycles. The first kappa shape index (κ1) is 20.9. The Morgan fingerprint density at radius 1 is 1.26 bits per heavy atom. The summed E-state index contributed by atoms with van der Waals surface area (Å²) >= 11 is 0. The van der Waals surface area contributed by atoms with Crippen LogP contribution in [-0.2, 0) is 16.0 Å². The van der Waals surface area contributed by atoms with Crippen molar-refractivity contribution in [3.05, 3.63) is 30.1 Å². The number of carbonyl (C=O) groups is 2. The number of primary amides is 1. The molecule has 3 rings (SSSR count). The van der Waals surface area contributed by atoms with Gasteiger partial charge in [-0.2, -0.15) is 13.2 Å². The standard InChI is InChI=1S/C15H21N3O2.C2HF3O2/c16-15(19)18-8-5-14(20-10-12-1-2-12)13(18)9-11-3-6-17-7-4-11;3-2(4,5)1(6)7/h3-4,6-7,12-14H,1-2,5,8-10H2,(H2,16,19);(H,6,7)/t13-,14+;/m0./s1. The van der Waals surface area contributed by atoms with Gasteiger partial charge in [0.1, 0.15) is 0 Å². The second kappa shape index (κ2) is 9.03. The highest BCUT2D eigenvalue weighted by Gasteiger charge is 2.38. The van der Waals surface area contributed by atoms with Crippen molar-refractivity contribution in [3.8, 4) is 0 Å². The van der Waals surface area contributed by atoms with E-state index in [2.05, 4.69) is 4.98 Å². The molecule has 1 aromatic heterocycles. The third-order valence-corrected chi connectivity index (χ3v) is 4.45. The molecule has 10 heteroatoms. The maximum atomic E-state index is 11.6. The Morgan fingerprint density at radius 2 is 1.85 bits per heavy atom. The summed E-state index contributed by atoms with van der Waals surface area (Å²) in [4.78, 5) is 26.2. The third kappa shape index (κ3) is 6.70. The van der Waals surface area contributed by atoms with Gasteiger partial charge in [0.15, 0.2) is 0 Å². The highest BCUT2D eigenvalue weighted by Crippen LogP contribution is 2.31. The normalized spacial score (nSPS) is 22.1. The van der Waals surface area contributed by atoms with Crippen molar-refractivity contribution in [3.63, 3.8) is 0 Å². The predicted octanol–water partition coefficient (Wildman–Crippen LogP) is 2.21. The van der Waals surface area contributed by atoms with Crippen molar-refractivity contribution in [1.82, 2.24) is 9.88 Å². The fourth-order valence-electron chi connectivity index (χ4n) is 2.84. The molecule has 2 fully saturated rings. The van der Waals surface area contributed by atoms with Crippen LogP contribution in [0.4, 0.5) is 18.0 Å². The molecule has 2 atom stereocenters. The van der Waals surface area contributed by atoms with Crippen molar-refractivity contribution >= 4 is 12.0 Å². The van der Waals surface area contributed by atoms with Crippen molar-refractivity contribution < 1.29 is 32.6 Å². The lowest BCUT2D eigenvalue weighted by Crippen LogP contribution is -2.44. The van der Waals surface area contributed by atoms with E-state index in [1.54, 1.807) is 17.3 Å². The van der Waals surface area contributed by atoms with Crippen LogP contribution in [0.2, 0.25) is 0 Å². The number of amides is 2. The van der Waals surface area contributed by atoms with E-state index >= 15 is 0 Å². The Bertz CT molecular complexity index is 638. The van der Waals surface area contributed by atoms with Gasteiger partial charge in [0.05, 0.1) is 12.1 Å². The van der Waals surface area contributed by atoms with Crippen molar-refractivity contribution in [2.24, 2.45) is 11.7 Å². The van der Waals surface area contributed by atoms with Gasteiger partial charge >= 0.3 is 18.2 Å². The van der Waals surface area contributed by atoms with Gasteiger partial charge in [-0.15, -0.1) is 0 Å². The number of likely N-dealkylation sites (tertiary alicyclic amines) is 1. The fraction of sp³-hybridized carbons (Fsp3) is 0.588. The number of nitrogens with two attached hydrogens (primary N) is 1. The lowest BCUT2D eigenvalue weighted by atomic mass is 10.0. The first-order valence-electron chi connectivity index (χ1n) is 8.55. The van der Waals surface area contributed by atoms with Crippen LogP contribution in [0.3, 0.4) is 0 Å². The Kier molecular flexibility index (Phi) is 7.00. The largest absolute Gasteiger partial charge is 0.490 e. The molecule has 7 nitrogen and oxygen atoms in total. The van der Waals surface area contributed by atoms with Gasteiger partial charge in [-0.05, 0) is 49.3 Å². The van der Waals surface area contributed by atoms with Crippen LogP contribution in [0.15, 0.2) is 24.5 Å². The number of carboxylic acid groups (broad SMARTS) is 1. The summed E-state index contributed by atoms with van der Waals surface area (Å²) in [5, 5.41) is 7.12. The van der Waals surface area contributed by atoms with Gasteiger partial charge in [0, 0.05) is 25.5 Å². The van der Waals surface area contributed by atoms with E-state index in [4.69, 9.17) is 20.4 Å². The number of halogens is 3. The Hall–Kier alpha value is -2.36. The number of urea groups is 1. The van der Waals surface area contributed by atoms with Crippen LogP contribution in [0.1, 0.15) is 24.8 Å². The number of rotatable bonds is 5. The molecule has 0 spiro atoms. The second-order valence-corrected chi connectivity index (χ2v) is 6.57. The highest BCUT2D eigenvalue weighted by atomic mass is 19.4.